The number of fused-ring (bicyclic) bond motifs is 1. The van der Waals surface area contributed by atoms with E-state index in [9.17, 15) is 14.7 Å². The van der Waals surface area contributed by atoms with Crippen LogP contribution in [0.25, 0.3) is 10.9 Å². The molecular formula is C23H16BrCl2N5O4. The average molecular weight is 577 g/mol. The Morgan fingerprint density at radius 2 is 1.69 bits per heavy atom. The summed E-state index contributed by atoms with van der Waals surface area (Å²) < 4.78 is 6.21. The number of halogens is 3. The maximum absolute atomic E-state index is 12.2. The molecule has 1 heterocycles. The van der Waals surface area contributed by atoms with Crippen LogP contribution >= 0.6 is 39.1 Å². The molecule has 4 N–H and O–H groups in total. The summed E-state index contributed by atoms with van der Waals surface area (Å²) in [6.45, 7) is -0.360. The molecule has 0 radical (unpaired) electrons. The summed E-state index contributed by atoms with van der Waals surface area (Å²) in [4.78, 5) is 27.0. The Labute approximate surface area is 217 Å². The molecule has 0 saturated heterocycles. The first-order valence-electron chi connectivity index (χ1n) is 9.99. The van der Waals surface area contributed by atoms with Gasteiger partial charge in [0, 0.05) is 21.2 Å². The summed E-state index contributed by atoms with van der Waals surface area (Å²) >= 11 is 15.2. The molecule has 9 nitrogen and oxygen atoms in total. The number of aromatic hydroxyl groups is 1. The molecule has 0 saturated carbocycles. The van der Waals surface area contributed by atoms with E-state index in [1.54, 1.807) is 54.6 Å². The van der Waals surface area contributed by atoms with E-state index in [2.05, 4.69) is 41.8 Å². The van der Waals surface area contributed by atoms with Crippen molar-refractivity contribution in [2.75, 3.05) is 17.2 Å². The lowest BCUT2D eigenvalue weighted by atomic mass is 10.2. The second-order valence-corrected chi connectivity index (χ2v) is 8.86. The highest BCUT2D eigenvalue weighted by Gasteiger charge is 2.12. The van der Waals surface area contributed by atoms with Crippen LogP contribution < -0.4 is 15.4 Å². The van der Waals surface area contributed by atoms with Crippen molar-refractivity contribution in [3.63, 3.8) is 0 Å². The largest absolute Gasteiger partial charge is 0.493 e. The van der Waals surface area contributed by atoms with Crippen LogP contribution in [0.2, 0.25) is 10.0 Å². The van der Waals surface area contributed by atoms with Crippen LogP contribution in [-0.4, -0.2) is 28.6 Å². The second kappa shape index (κ2) is 10.8. The monoisotopic (exact) mass is 575 g/mol. The zero-order valence-electron chi connectivity index (χ0n) is 17.7. The number of amides is 3. The van der Waals surface area contributed by atoms with Crippen LogP contribution in [0, 0.1) is 0 Å². The Morgan fingerprint density at radius 1 is 0.971 bits per heavy atom. The number of urea groups is 1. The van der Waals surface area contributed by atoms with Gasteiger partial charge >= 0.3 is 11.9 Å². The highest BCUT2D eigenvalue weighted by atomic mass is 79.9. The van der Waals surface area contributed by atoms with Crippen molar-refractivity contribution in [1.29, 1.82) is 0 Å². The van der Waals surface area contributed by atoms with E-state index in [1.165, 1.54) is 6.07 Å². The second-order valence-electron chi connectivity index (χ2n) is 7.13. The maximum Gasteiger partial charge on any atom is 0.323 e. The molecule has 4 aromatic rings. The van der Waals surface area contributed by atoms with Crippen molar-refractivity contribution in [2.45, 2.75) is 0 Å². The van der Waals surface area contributed by atoms with Gasteiger partial charge in [0.25, 0.3) is 0 Å². The van der Waals surface area contributed by atoms with E-state index in [0.717, 1.165) is 4.47 Å². The summed E-state index contributed by atoms with van der Waals surface area (Å²) in [6, 6.07) is 16.0. The third kappa shape index (κ3) is 6.30. The molecular weight excluding hydrogens is 561 g/mol. The van der Waals surface area contributed by atoms with E-state index >= 15 is 0 Å². The van der Waals surface area contributed by atoms with Crippen LogP contribution in [0.5, 0.6) is 11.6 Å². The van der Waals surface area contributed by atoms with Crippen molar-refractivity contribution in [1.82, 2.24) is 4.98 Å². The minimum absolute atomic E-state index is 0.157. The molecule has 0 bridgehead atoms. The molecule has 0 aliphatic heterocycles. The number of carbonyl (C=O) groups excluding carboxylic acids is 2. The number of hydrogen-bond acceptors (Lipinski definition) is 5. The van der Waals surface area contributed by atoms with Crippen molar-refractivity contribution < 1.29 is 19.4 Å². The Morgan fingerprint density at radius 3 is 2.43 bits per heavy atom. The molecule has 12 heteroatoms. The van der Waals surface area contributed by atoms with Gasteiger partial charge in [-0.3, -0.25) is 4.79 Å². The average Bonchev–Trinajstić information content (AvgIpc) is 3.13. The number of H-pyrrole nitrogens is 1. The zero-order chi connectivity index (χ0) is 24.9. The highest BCUT2D eigenvalue weighted by molar-refractivity contribution is 9.10. The quantitative estimate of drug-likeness (QED) is 0.180. The molecule has 0 aliphatic rings. The highest BCUT2D eigenvalue weighted by Crippen LogP contribution is 2.36. The Kier molecular flexibility index (Phi) is 7.54. The minimum atomic E-state index is -0.642. The number of ether oxygens (including phenoxy) is 1. The molecule has 0 fully saturated rings. The SMILES string of the molecule is O=C(COc1ccc(NC(=O)Nc2ccc(Cl)c(Cl)c2)cc1)N=Nc1c(O)[nH]c2ccc(Br)cc12. The van der Waals surface area contributed by atoms with Crippen LogP contribution in [0.1, 0.15) is 0 Å². The van der Waals surface area contributed by atoms with Gasteiger partial charge in [-0.15, -0.1) is 10.2 Å². The number of rotatable bonds is 6. The summed E-state index contributed by atoms with van der Waals surface area (Å²) in [5.74, 6) is -0.443. The van der Waals surface area contributed by atoms with Gasteiger partial charge in [0.05, 0.1) is 15.6 Å². The maximum atomic E-state index is 12.2. The first-order valence-corrected chi connectivity index (χ1v) is 11.5. The van der Waals surface area contributed by atoms with Crippen LogP contribution in [0.15, 0.2) is 75.4 Å². The summed E-state index contributed by atoms with van der Waals surface area (Å²) in [7, 11) is 0. The van der Waals surface area contributed by atoms with Gasteiger partial charge in [0.1, 0.15) is 5.75 Å². The molecule has 3 aromatic carbocycles. The number of azo groups is 1. The van der Waals surface area contributed by atoms with Gasteiger partial charge in [-0.2, -0.15) is 0 Å². The number of carbonyl (C=O) groups is 2. The van der Waals surface area contributed by atoms with Gasteiger partial charge in [-0.1, -0.05) is 39.1 Å². The minimum Gasteiger partial charge on any atom is -0.493 e. The molecule has 35 heavy (non-hydrogen) atoms. The third-order valence-electron chi connectivity index (χ3n) is 4.63. The van der Waals surface area contributed by atoms with E-state index in [1.807, 2.05) is 0 Å². The van der Waals surface area contributed by atoms with Gasteiger partial charge in [0.2, 0.25) is 5.88 Å². The summed E-state index contributed by atoms with van der Waals surface area (Å²) in [5.41, 5.74) is 1.80. The predicted molar refractivity (Wildman–Crippen MR) is 138 cm³/mol. The normalized spacial score (nSPS) is 11.1. The lowest BCUT2D eigenvalue weighted by Gasteiger charge is -2.09. The lowest BCUT2D eigenvalue weighted by Crippen LogP contribution is -2.19. The van der Waals surface area contributed by atoms with Crippen molar-refractivity contribution in [3.05, 3.63) is 75.2 Å². The Hall–Kier alpha value is -3.60. The van der Waals surface area contributed by atoms with E-state index in [-0.39, 0.29) is 18.2 Å². The fourth-order valence-electron chi connectivity index (χ4n) is 3.02. The fourth-order valence-corrected chi connectivity index (χ4v) is 3.68. The number of aromatic nitrogens is 1. The molecule has 1 aromatic heterocycles. The third-order valence-corrected chi connectivity index (χ3v) is 5.86. The topological polar surface area (TPSA) is 128 Å². The molecule has 0 spiro atoms. The number of nitrogens with one attached hydrogen (secondary N) is 3. The Bertz CT molecular complexity index is 1440. The molecule has 178 valence electrons. The lowest BCUT2D eigenvalue weighted by molar-refractivity contribution is -0.120. The number of anilines is 2. The van der Waals surface area contributed by atoms with E-state index < -0.39 is 11.9 Å². The van der Waals surface area contributed by atoms with Gasteiger partial charge in [-0.25, -0.2) is 4.79 Å². The number of benzene rings is 3. The summed E-state index contributed by atoms with van der Waals surface area (Å²) in [6.07, 6.45) is 0. The first kappa shape index (κ1) is 24.5. The van der Waals surface area contributed by atoms with Gasteiger partial charge < -0.3 is 25.5 Å². The molecule has 0 atom stereocenters. The fraction of sp³-hybridized carbons (Fsp3) is 0.0435. The predicted octanol–water partition coefficient (Wildman–Crippen LogP) is 7.28. The van der Waals surface area contributed by atoms with Gasteiger partial charge in [0.15, 0.2) is 12.3 Å². The molecule has 0 aliphatic carbocycles. The molecule has 4 rings (SSSR count). The summed E-state index contributed by atoms with van der Waals surface area (Å²) in [5, 5.41) is 24.1. The Balaban J connectivity index is 1.30. The van der Waals surface area contributed by atoms with Crippen molar-refractivity contribution >= 4 is 79.0 Å². The standard InChI is InChI=1S/C23H16BrCl2N5O4/c24-12-1-8-19-16(9-12)21(22(33)29-19)31-30-20(32)11-35-15-5-2-13(3-6-15)27-23(34)28-14-4-7-17(25)18(26)10-14/h1-10,29,33H,11H2,(H2,27,28,34). The first-order chi connectivity index (χ1) is 16.8. The van der Waals surface area contributed by atoms with Crippen LogP contribution in [0.4, 0.5) is 21.9 Å². The van der Waals surface area contributed by atoms with Crippen LogP contribution in [-0.2, 0) is 4.79 Å². The smallest absolute Gasteiger partial charge is 0.323 e. The molecule has 3 amide bonds. The van der Waals surface area contributed by atoms with E-state index in [0.29, 0.717) is 38.1 Å². The number of aromatic amines is 1. The van der Waals surface area contributed by atoms with E-state index in [4.69, 9.17) is 27.9 Å². The molecule has 0 unspecified atom stereocenters. The number of hydrogen-bond donors (Lipinski definition) is 4. The number of nitrogens with zero attached hydrogens (tertiary/aromatic N) is 2. The zero-order valence-corrected chi connectivity index (χ0v) is 20.8. The van der Waals surface area contributed by atoms with Crippen molar-refractivity contribution in [2.24, 2.45) is 10.2 Å². The van der Waals surface area contributed by atoms with Crippen molar-refractivity contribution in [3.8, 4) is 11.6 Å². The van der Waals surface area contributed by atoms with Crippen LogP contribution in [0.3, 0.4) is 0 Å². The van der Waals surface area contributed by atoms with Gasteiger partial charge in [-0.05, 0) is 60.7 Å².